The predicted molar refractivity (Wildman–Crippen MR) is 113 cm³/mol. The smallest absolute Gasteiger partial charge is 0.303 e. The second-order valence-corrected chi connectivity index (χ2v) is 8.22. The van der Waals surface area contributed by atoms with Crippen LogP contribution in [0.1, 0.15) is 26.3 Å². The molecule has 0 unspecified atom stereocenters. The van der Waals surface area contributed by atoms with Crippen molar-refractivity contribution in [3.05, 3.63) is 66.2 Å². The lowest BCUT2D eigenvalue weighted by Gasteiger charge is -2.44. The molecule has 6 nitrogen and oxygen atoms in total. The van der Waals surface area contributed by atoms with Crippen LogP contribution in [0.15, 0.2) is 65.6 Å². The van der Waals surface area contributed by atoms with Crippen LogP contribution in [-0.2, 0) is 35.1 Å². The highest BCUT2D eigenvalue weighted by atomic mass is 32.2. The molecule has 0 aromatic heterocycles. The van der Waals surface area contributed by atoms with Gasteiger partial charge in [0.1, 0.15) is 11.5 Å². The molecule has 1 fully saturated rings. The molecule has 1 saturated heterocycles. The van der Waals surface area contributed by atoms with Crippen LogP contribution in [0.5, 0.6) is 0 Å². The van der Waals surface area contributed by atoms with E-state index in [4.69, 9.17) is 18.9 Å². The molecular weight excluding hydrogens is 404 g/mol. The molecule has 2 aromatic carbocycles. The van der Waals surface area contributed by atoms with Gasteiger partial charge in [0.15, 0.2) is 12.2 Å². The predicted octanol–water partition coefficient (Wildman–Crippen LogP) is 3.97. The average molecular weight is 431 g/mol. The summed E-state index contributed by atoms with van der Waals surface area (Å²) in [7, 11) is 0. The molecule has 160 valence electrons. The molecule has 5 atom stereocenters. The van der Waals surface area contributed by atoms with Crippen molar-refractivity contribution >= 4 is 23.7 Å². The van der Waals surface area contributed by atoms with E-state index in [0.29, 0.717) is 6.61 Å². The Kier molecular flexibility index (Phi) is 7.90. The molecule has 2 aromatic rings. The SMILES string of the molecule is CC(=O)O[C@H]1[C@@H](OC(C)=O)[C@H](C)O[C@@H](Sc2ccccc2)[C@@H]1OCc1ccccc1. The van der Waals surface area contributed by atoms with Gasteiger partial charge in [-0.3, -0.25) is 9.59 Å². The standard InChI is InChI=1S/C23H26O6S/c1-15-20(28-16(2)24)21(29-17(3)25)22(26-14-18-10-6-4-7-11-18)23(27-15)30-19-12-8-5-9-13-19/h4-13,15,20-23H,14H2,1-3H3/t15-,20-,21-,22+,23-/m0/s1. The van der Waals surface area contributed by atoms with Crippen LogP contribution in [0.25, 0.3) is 0 Å². The number of hydrogen-bond donors (Lipinski definition) is 0. The summed E-state index contributed by atoms with van der Waals surface area (Å²) in [6.07, 6.45) is -2.67. The Balaban J connectivity index is 1.88. The number of thioether (sulfide) groups is 1. The quantitative estimate of drug-likeness (QED) is 0.616. The number of esters is 2. The van der Waals surface area contributed by atoms with E-state index in [1.54, 1.807) is 6.92 Å². The van der Waals surface area contributed by atoms with E-state index in [-0.39, 0.29) is 0 Å². The number of ether oxygens (including phenoxy) is 4. The average Bonchev–Trinajstić information content (AvgIpc) is 2.71. The largest absolute Gasteiger partial charge is 0.456 e. The minimum absolute atomic E-state index is 0.305. The topological polar surface area (TPSA) is 71.1 Å². The third-order valence-corrected chi connectivity index (χ3v) is 5.77. The Labute approximate surface area is 180 Å². The fraction of sp³-hybridized carbons (Fsp3) is 0.391. The Hall–Kier alpha value is -2.35. The lowest BCUT2D eigenvalue weighted by Crippen LogP contribution is -2.59. The number of hydrogen-bond acceptors (Lipinski definition) is 7. The van der Waals surface area contributed by atoms with Gasteiger partial charge in [-0.05, 0) is 24.6 Å². The van der Waals surface area contributed by atoms with Crippen molar-refractivity contribution in [1.29, 1.82) is 0 Å². The molecule has 30 heavy (non-hydrogen) atoms. The zero-order chi connectivity index (χ0) is 21.5. The molecule has 0 bridgehead atoms. The van der Waals surface area contributed by atoms with Gasteiger partial charge in [-0.1, -0.05) is 60.3 Å². The summed E-state index contributed by atoms with van der Waals surface area (Å²) in [5, 5.41) is 0. The second-order valence-electron chi connectivity index (χ2n) is 7.05. The van der Waals surface area contributed by atoms with Gasteiger partial charge < -0.3 is 18.9 Å². The molecule has 7 heteroatoms. The van der Waals surface area contributed by atoms with Crippen molar-refractivity contribution in [2.24, 2.45) is 0 Å². The molecule has 0 spiro atoms. The van der Waals surface area contributed by atoms with Gasteiger partial charge in [0.25, 0.3) is 0 Å². The minimum Gasteiger partial charge on any atom is -0.456 e. The molecule has 0 radical (unpaired) electrons. The molecule has 1 aliphatic rings. The monoisotopic (exact) mass is 430 g/mol. The van der Waals surface area contributed by atoms with Crippen molar-refractivity contribution in [1.82, 2.24) is 0 Å². The molecule has 0 aliphatic carbocycles. The second kappa shape index (κ2) is 10.6. The third-order valence-electron chi connectivity index (χ3n) is 4.61. The highest BCUT2D eigenvalue weighted by Gasteiger charge is 2.49. The zero-order valence-corrected chi connectivity index (χ0v) is 18.0. The molecule has 0 amide bonds. The Morgan fingerprint density at radius 3 is 2.03 bits per heavy atom. The summed E-state index contributed by atoms with van der Waals surface area (Å²) in [4.78, 5) is 24.5. The van der Waals surface area contributed by atoms with E-state index in [9.17, 15) is 9.59 Å². The van der Waals surface area contributed by atoms with Gasteiger partial charge in [-0.2, -0.15) is 0 Å². The van der Waals surface area contributed by atoms with Crippen molar-refractivity contribution in [3.63, 3.8) is 0 Å². The van der Waals surface area contributed by atoms with Gasteiger partial charge >= 0.3 is 11.9 Å². The maximum Gasteiger partial charge on any atom is 0.303 e. The Bertz CT molecular complexity index is 828. The van der Waals surface area contributed by atoms with Crippen molar-refractivity contribution in [2.75, 3.05) is 0 Å². The van der Waals surface area contributed by atoms with Gasteiger partial charge in [0, 0.05) is 18.7 Å². The molecule has 0 saturated carbocycles. The van der Waals surface area contributed by atoms with Crippen LogP contribution in [0, 0.1) is 0 Å². The van der Waals surface area contributed by atoms with E-state index in [0.717, 1.165) is 10.5 Å². The zero-order valence-electron chi connectivity index (χ0n) is 17.2. The molecule has 1 aliphatic heterocycles. The van der Waals surface area contributed by atoms with Crippen LogP contribution in [0.3, 0.4) is 0 Å². The first-order valence-corrected chi connectivity index (χ1v) is 10.7. The summed E-state index contributed by atoms with van der Waals surface area (Å²) in [6.45, 7) is 4.76. The number of benzene rings is 2. The van der Waals surface area contributed by atoms with E-state index in [1.807, 2.05) is 60.7 Å². The van der Waals surface area contributed by atoms with Crippen LogP contribution in [0.4, 0.5) is 0 Å². The van der Waals surface area contributed by atoms with E-state index < -0.39 is 41.8 Å². The first-order chi connectivity index (χ1) is 14.4. The molecule has 1 heterocycles. The maximum absolute atomic E-state index is 11.9. The number of carbonyl (C=O) groups excluding carboxylic acids is 2. The molecule has 3 rings (SSSR count). The van der Waals surface area contributed by atoms with Crippen LogP contribution >= 0.6 is 11.8 Å². The lowest BCUT2D eigenvalue weighted by atomic mass is 10.00. The van der Waals surface area contributed by atoms with Crippen LogP contribution in [-0.4, -0.2) is 41.8 Å². The van der Waals surface area contributed by atoms with E-state index in [1.165, 1.54) is 25.6 Å². The fourth-order valence-electron chi connectivity index (χ4n) is 3.32. The fourth-order valence-corrected chi connectivity index (χ4v) is 4.50. The number of carbonyl (C=O) groups is 2. The Morgan fingerprint density at radius 2 is 1.43 bits per heavy atom. The highest BCUT2D eigenvalue weighted by molar-refractivity contribution is 7.99. The first kappa shape index (κ1) is 22.3. The summed E-state index contributed by atoms with van der Waals surface area (Å²) >= 11 is 1.48. The normalized spacial score (nSPS) is 26.0. The number of rotatable bonds is 7. The summed E-state index contributed by atoms with van der Waals surface area (Å²) in [5.41, 5.74) is 0.521. The highest BCUT2D eigenvalue weighted by Crippen LogP contribution is 2.37. The van der Waals surface area contributed by atoms with E-state index >= 15 is 0 Å². The maximum atomic E-state index is 11.9. The van der Waals surface area contributed by atoms with Crippen LogP contribution in [0.2, 0.25) is 0 Å². The van der Waals surface area contributed by atoms with E-state index in [2.05, 4.69) is 0 Å². The Morgan fingerprint density at radius 1 is 0.867 bits per heavy atom. The summed E-state index contributed by atoms with van der Waals surface area (Å²) in [5.74, 6) is -0.938. The lowest BCUT2D eigenvalue weighted by molar-refractivity contribution is -0.232. The van der Waals surface area contributed by atoms with Gasteiger partial charge in [0.2, 0.25) is 0 Å². The van der Waals surface area contributed by atoms with Gasteiger partial charge in [-0.15, -0.1) is 0 Å². The van der Waals surface area contributed by atoms with Gasteiger partial charge in [0.05, 0.1) is 12.7 Å². The summed E-state index contributed by atoms with van der Waals surface area (Å²) in [6, 6.07) is 19.5. The van der Waals surface area contributed by atoms with Crippen molar-refractivity contribution in [2.45, 2.75) is 62.1 Å². The molecular formula is C23H26O6S. The van der Waals surface area contributed by atoms with Crippen molar-refractivity contribution in [3.8, 4) is 0 Å². The first-order valence-electron chi connectivity index (χ1n) is 9.81. The van der Waals surface area contributed by atoms with Crippen molar-refractivity contribution < 1.29 is 28.5 Å². The van der Waals surface area contributed by atoms with Crippen LogP contribution < -0.4 is 0 Å². The summed E-state index contributed by atoms with van der Waals surface area (Å²) < 4.78 is 23.5. The third kappa shape index (κ3) is 6.08. The van der Waals surface area contributed by atoms with Gasteiger partial charge in [-0.25, -0.2) is 0 Å². The molecule has 0 N–H and O–H groups in total. The minimum atomic E-state index is -0.792.